The van der Waals surface area contributed by atoms with Crippen molar-refractivity contribution in [2.75, 3.05) is 0 Å². The van der Waals surface area contributed by atoms with Crippen LogP contribution >= 0.6 is 11.6 Å². The largest absolute Gasteiger partial charge is 0.324 e. The van der Waals surface area contributed by atoms with Crippen LogP contribution in [0.1, 0.15) is 37.4 Å². The van der Waals surface area contributed by atoms with E-state index in [4.69, 9.17) is 17.3 Å². The maximum Gasteiger partial charge on any atom is 0.0408 e. The Morgan fingerprint density at radius 2 is 2.07 bits per heavy atom. The van der Waals surface area contributed by atoms with Gasteiger partial charge in [0.05, 0.1) is 0 Å². The van der Waals surface area contributed by atoms with E-state index in [9.17, 15) is 0 Å². The molecular weight excluding hydrogens is 194 g/mol. The van der Waals surface area contributed by atoms with E-state index in [1.54, 1.807) is 0 Å². The molecule has 1 aromatic rings. The molecule has 2 heteroatoms. The van der Waals surface area contributed by atoms with E-state index in [-0.39, 0.29) is 6.04 Å². The van der Waals surface area contributed by atoms with Gasteiger partial charge in [-0.1, -0.05) is 37.9 Å². The number of aryl methyl sites for hydroxylation is 1. The Balaban J connectivity index is 2.95. The molecule has 0 radical (unpaired) electrons. The van der Waals surface area contributed by atoms with Crippen molar-refractivity contribution in [1.29, 1.82) is 0 Å². The van der Waals surface area contributed by atoms with E-state index < -0.39 is 0 Å². The predicted molar refractivity (Wildman–Crippen MR) is 62.6 cm³/mol. The minimum Gasteiger partial charge on any atom is -0.324 e. The van der Waals surface area contributed by atoms with E-state index in [1.807, 2.05) is 18.2 Å². The van der Waals surface area contributed by atoms with E-state index in [0.717, 1.165) is 11.4 Å². The summed E-state index contributed by atoms with van der Waals surface area (Å²) in [7, 11) is 0. The first-order valence-electron chi connectivity index (χ1n) is 5.08. The molecule has 1 aromatic carbocycles. The van der Waals surface area contributed by atoms with E-state index in [2.05, 4.69) is 20.8 Å². The Hall–Kier alpha value is -0.530. The SMILES string of the molecule is CCC(C)[C@@H](N)c1ccc(Cl)cc1C. The maximum absolute atomic E-state index is 6.16. The smallest absolute Gasteiger partial charge is 0.0408 e. The summed E-state index contributed by atoms with van der Waals surface area (Å²) in [6.07, 6.45) is 1.10. The van der Waals surface area contributed by atoms with Gasteiger partial charge in [-0.2, -0.15) is 0 Å². The number of hydrogen-bond acceptors (Lipinski definition) is 1. The molecule has 0 fully saturated rings. The number of benzene rings is 1. The zero-order valence-electron chi connectivity index (χ0n) is 9.05. The van der Waals surface area contributed by atoms with Gasteiger partial charge in [0.1, 0.15) is 0 Å². The second-order valence-corrected chi connectivity index (χ2v) is 4.35. The van der Waals surface area contributed by atoms with Crippen molar-refractivity contribution in [2.45, 2.75) is 33.2 Å². The Bertz CT molecular complexity index is 309. The highest BCUT2D eigenvalue weighted by atomic mass is 35.5. The van der Waals surface area contributed by atoms with Crippen LogP contribution in [-0.2, 0) is 0 Å². The second-order valence-electron chi connectivity index (χ2n) is 3.91. The van der Waals surface area contributed by atoms with Crippen LogP contribution in [0, 0.1) is 12.8 Å². The monoisotopic (exact) mass is 211 g/mol. The van der Waals surface area contributed by atoms with Crippen molar-refractivity contribution in [3.8, 4) is 0 Å². The minimum atomic E-state index is 0.122. The number of hydrogen-bond donors (Lipinski definition) is 1. The van der Waals surface area contributed by atoms with Crippen molar-refractivity contribution in [3.63, 3.8) is 0 Å². The van der Waals surface area contributed by atoms with E-state index >= 15 is 0 Å². The summed E-state index contributed by atoms with van der Waals surface area (Å²) in [6.45, 7) is 6.40. The molecule has 2 atom stereocenters. The normalized spacial score (nSPS) is 15.2. The quantitative estimate of drug-likeness (QED) is 0.811. The average Bonchev–Trinajstić information content (AvgIpc) is 2.15. The maximum atomic E-state index is 6.16. The Kier molecular flexibility index (Phi) is 3.97. The molecule has 0 spiro atoms. The van der Waals surface area contributed by atoms with Gasteiger partial charge in [0.2, 0.25) is 0 Å². The highest BCUT2D eigenvalue weighted by molar-refractivity contribution is 6.30. The molecule has 2 N–H and O–H groups in total. The molecule has 0 saturated heterocycles. The average molecular weight is 212 g/mol. The van der Waals surface area contributed by atoms with Gasteiger partial charge in [-0.25, -0.2) is 0 Å². The standard InChI is InChI=1S/C12H18ClN/c1-4-8(2)12(14)11-6-5-10(13)7-9(11)3/h5-8,12H,4,14H2,1-3H3/t8?,12-/m1/s1. The molecule has 0 aliphatic heterocycles. The summed E-state index contributed by atoms with van der Waals surface area (Å²) in [4.78, 5) is 0. The zero-order chi connectivity index (χ0) is 10.7. The molecule has 0 aromatic heterocycles. The third-order valence-corrected chi connectivity index (χ3v) is 3.08. The lowest BCUT2D eigenvalue weighted by molar-refractivity contribution is 0.455. The fourth-order valence-electron chi connectivity index (χ4n) is 1.57. The molecule has 1 unspecified atom stereocenters. The fourth-order valence-corrected chi connectivity index (χ4v) is 1.80. The first-order chi connectivity index (χ1) is 6.56. The van der Waals surface area contributed by atoms with Gasteiger partial charge in [-0.3, -0.25) is 0 Å². The Morgan fingerprint density at radius 1 is 1.43 bits per heavy atom. The van der Waals surface area contributed by atoms with Crippen LogP contribution in [0.25, 0.3) is 0 Å². The van der Waals surface area contributed by atoms with Gasteiger partial charge in [0, 0.05) is 11.1 Å². The lowest BCUT2D eigenvalue weighted by Gasteiger charge is -2.20. The molecule has 0 amide bonds. The number of halogens is 1. The highest BCUT2D eigenvalue weighted by Gasteiger charge is 2.14. The topological polar surface area (TPSA) is 26.0 Å². The molecule has 0 bridgehead atoms. The highest BCUT2D eigenvalue weighted by Crippen LogP contribution is 2.26. The molecule has 0 aliphatic rings. The molecule has 0 aliphatic carbocycles. The first kappa shape index (κ1) is 11.5. The van der Waals surface area contributed by atoms with Crippen molar-refractivity contribution in [3.05, 3.63) is 34.3 Å². The van der Waals surface area contributed by atoms with Crippen LogP contribution in [-0.4, -0.2) is 0 Å². The summed E-state index contributed by atoms with van der Waals surface area (Å²) < 4.78 is 0. The van der Waals surface area contributed by atoms with Crippen LogP contribution in [0.3, 0.4) is 0 Å². The summed E-state index contributed by atoms with van der Waals surface area (Å²) in [5, 5.41) is 0.780. The van der Waals surface area contributed by atoms with Crippen LogP contribution in [0.2, 0.25) is 5.02 Å². The van der Waals surface area contributed by atoms with Gasteiger partial charge in [0.25, 0.3) is 0 Å². The van der Waals surface area contributed by atoms with Crippen LogP contribution in [0.5, 0.6) is 0 Å². The lowest BCUT2D eigenvalue weighted by Crippen LogP contribution is -2.19. The summed E-state index contributed by atoms with van der Waals surface area (Å²) in [6, 6.07) is 6.04. The van der Waals surface area contributed by atoms with E-state index in [1.165, 1.54) is 11.1 Å². The molecule has 0 saturated carbocycles. The van der Waals surface area contributed by atoms with Gasteiger partial charge in [-0.15, -0.1) is 0 Å². The van der Waals surface area contributed by atoms with Crippen molar-refractivity contribution < 1.29 is 0 Å². The van der Waals surface area contributed by atoms with Gasteiger partial charge in [-0.05, 0) is 36.1 Å². The van der Waals surface area contributed by atoms with Crippen molar-refractivity contribution in [1.82, 2.24) is 0 Å². The number of nitrogens with two attached hydrogens (primary N) is 1. The summed E-state index contributed by atoms with van der Waals surface area (Å²) >= 11 is 5.89. The third kappa shape index (κ3) is 2.49. The van der Waals surface area contributed by atoms with E-state index in [0.29, 0.717) is 5.92 Å². The molecule has 0 heterocycles. The first-order valence-corrected chi connectivity index (χ1v) is 5.45. The van der Waals surface area contributed by atoms with Crippen LogP contribution in [0.4, 0.5) is 0 Å². The Morgan fingerprint density at radius 3 is 2.57 bits per heavy atom. The second kappa shape index (κ2) is 4.81. The minimum absolute atomic E-state index is 0.122. The third-order valence-electron chi connectivity index (χ3n) is 2.85. The Labute approximate surface area is 91.3 Å². The summed E-state index contributed by atoms with van der Waals surface area (Å²) in [5.74, 6) is 0.509. The predicted octanol–water partition coefficient (Wildman–Crippen LogP) is 3.69. The zero-order valence-corrected chi connectivity index (χ0v) is 9.81. The van der Waals surface area contributed by atoms with Gasteiger partial charge >= 0.3 is 0 Å². The van der Waals surface area contributed by atoms with Crippen molar-refractivity contribution >= 4 is 11.6 Å². The fraction of sp³-hybridized carbons (Fsp3) is 0.500. The lowest BCUT2D eigenvalue weighted by atomic mass is 9.91. The molecule has 1 rings (SSSR count). The molecule has 1 nitrogen and oxygen atoms in total. The van der Waals surface area contributed by atoms with Gasteiger partial charge < -0.3 is 5.73 Å². The number of rotatable bonds is 3. The van der Waals surface area contributed by atoms with Crippen molar-refractivity contribution in [2.24, 2.45) is 11.7 Å². The van der Waals surface area contributed by atoms with Gasteiger partial charge in [0.15, 0.2) is 0 Å². The molecular formula is C12H18ClN. The summed E-state index contributed by atoms with van der Waals surface area (Å²) in [5.41, 5.74) is 8.55. The van der Waals surface area contributed by atoms with Crippen LogP contribution < -0.4 is 5.73 Å². The van der Waals surface area contributed by atoms with Crippen LogP contribution in [0.15, 0.2) is 18.2 Å². The molecule has 78 valence electrons. The molecule has 14 heavy (non-hydrogen) atoms.